The minimum absolute atomic E-state index is 0.780. The van der Waals surface area contributed by atoms with Crippen molar-refractivity contribution in [1.29, 1.82) is 0 Å². The average Bonchev–Trinajstić information content (AvgIpc) is 2.18. The molecular formula is C12H16N2. The van der Waals surface area contributed by atoms with Crippen molar-refractivity contribution in [2.45, 2.75) is 26.2 Å². The molecule has 1 aromatic heterocycles. The lowest BCUT2D eigenvalue weighted by molar-refractivity contribution is 0.536. The molecule has 1 aromatic rings. The van der Waals surface area contributed by atoms with Crippen molar-refractivity contribution in [3.63, 3.8) is 0 Å². The number of pyridine rings is 1. The van der Waals surface area contributed by atoms with E-state index >= 15 is 0 Å². The number of hydrogen-bond acceptors (Lipinski definition) is 2. The van der Waals surface area contributed by atoms with Gasteiger partial charge in [-0.2, -0.15) is 0 Å². The predicted octanol–water partition coefficient (Wildman–Crippen LogP) is 2.87. The molecule has 74 valence electrons. The standard InChI is InChI=1S/C12H16N2/c1-9-3-2-4-10(7-9)11-5-6-14-8-12(11)13/h4-6,8-9H,2-3,7,13H2,1H3/t9-/m1/s1. The fourth-order valence-corrected chi connectivity index (χ4v) is 2.02. The molecule has 0 unspecified atom stereocenters. The summed E-state index contributed by atoms with van der Waals surface area (Å²) in [4.78, 5) is 4.01. The summed E-state index contributed by atoms with van der Waals surface area (Å²) < 4.78 is 0. The zero-order valence-corrected chi connectivity index (χ0v) is 8.53. The maximum atomic E-state index is 5.89. The number of allylic oxidation sites excluding steroid dienone is 2. The second-order valence-corrected chi connectivity index (χ2v) is 4.08. The van der Waals surface area contributed by atoms with Crippen LogP contribution in [-0.4, -0.2) is 4.98 Å². The summed E-state index contributed by atoms with van der Waals surface area (Å²) in [6, 6.07) is 2.01. The van der Waals surface area contributed by atoms with E-state index in [2.05, 4.69) is 18.0 Å². The summed E-state index contributed by atoms with van der Waals surface area (Å²) in [6.45, 7) is 2.30. The Bertz CT molecular complexity index is 355. The first-order valence-corrected chi connectivity index (χ1v) is 5.16. The molecule has 2 N–H and O–H groups in total. The van der Waals surface area contributed by atoms with Crippen molar-refractivity contribution >= 4 is 11.3 Å². The Morgan fingerprint density at radius 2 is 2.36 bits per heavy atom. The highest BCUT2D eigenvalue weighted by Crippen LogP contribution is 2.32. The fraction of sp³-hybridized carbons (Fsp3) is 0.417. The van der Waals surface area contributed by atoms with Gasteiger partial charge in [-0.15, -0.1) is 0 Å². The Hall–Kier alpha value is -1.31. The molecule has 0 saturated carbocycles. The van der Waals surface area contributed by atoms with Crippen molar-refractivity contribution in [3.8, 4) is 0 Å². The smallest absolute Gasteiger partial charge is 0.0576 e. The summed E-state index contributed by atoms with van der Waals surface area (Å²) >= 11 is 0. The molecule has 1 atom stereocenters. The molecule has 1 heterocycles. The molecule has 2 heteroatoms. The summed E-state index contributed by atoms with van der Waals surface area (Å²) in [5.41, 5.74) is 9.26. The summed E-state index contributed by atoms with van der Waals surface area (Å²) in [7, 11) is 0. The van der Waals surface area contributed by atoms with Gasteiger partial charge in [0.15, 0.2) is 0 Å². The van der Waals surface area contributed by atoms with Crippen LogP contribution in [0.15, 0.2) is 24.5 Å². The van der Waals surface area contributed by atoms with Crippen LogP contribution < -0.4 is 5.73 Å². The van der Waals surface area contributed by atoms with Gasteiger partial charge in [0.1, 0.15) is 0 Å². The Labute approximate surface area is 84.9 Å². The van der Waals surface area contributed by atoms with Gasteiger partial charge in [-0.3, -0.25) is 4.98 Å². The number of nitrogen functional groups attached to an aromatic ring is 1. The van der Waals surface area contributed by atoms with E-state index in [1.807, 2.05) is 12.3 Å². The molecule has 0 aliphatic heterocycles. The normalized spacial score (nSPS) is 21.8. The monoisotopic (exact) mass is 188 g/mol. The maximum Gasteiger partial charge on any atom is 0.0576 e. The van der Waals surface area contributed by atoms with Crippen molar-refractivity contribution in [2.24, 2.45) is 5.92 Å². The Morgan fingerprint density at radius 3 is 3.07 bits per heavy atom. The molecular weight excluding hydrogens is 172 g/mol. The van der Waals surface area contributed by atoms with E-state index in [1.54, 1.807) is 6.20 Å². The number of nitrogens with zero attached hydrogens (tertiary/aromatic N) is 1. The molecule has 0 radical (unpaired) electrons. The van der Waals surface area contributed by atoms with Gasteiger partial charge in [0.2, 0.25) is 0 Å². The van der Waals surface area contributed by atoms with Crippen LogP contribution in [0.4, 0.5) is 5.69 Å². The Balaban J connectivity index is 2.31. The van der Waals surface area contributed by atoms with Crippen molar-refractivity contribution < 1.29 is 0 Å². The highest BCUT2D eigenvalue weighted by Gasteiger charge is 2.13. The average molecular weight is 188 g/mol. The van der Waals surface area contributed by atoms with E-state index in [0.717, 1.165) is 18.0 Å². The molecule has 0 fully saturated rings. The fourth-order valence-electron chi connectivity index (χ4n) is 2.02. The molecule has 0 bridgehead atoms. The first kappa shape index (κ1) is 9.25. The third-order valence-electron chi connectivity index (χ3n) is 2.82. The lowest BCUT2D eigenvalue weighted by Crippen LogP contribution is -2.04. The van der Waals surface area contributed by atoms with Gasteiger partial charge < -0.3 is 5.73 Å². The highest BCUT2D eigenvalue weighted by atomic mass is 14.7. The number of rotatable bonds is 1. The summed E-state index contributed by atoms with van der Waals surface area (Å²) in [5, 5.41) is 0. The first-order valence-electron chi connectivity index (χ1n) is 5.16. The largest absolute Gasteiger partial charge is 0.397 e. The minimum Gasteiger partial charge on any atom is -0.397 e. The van der Waals surface area contributed by atoms with Crippen LogP contribution in [0.2, 0.25) is 0 Å². The molecule has 0 spiro atoms. The molecule has 1 aliphatic rings. The third-order valence-corrected chi connectivity index (χ3v) is 2.82. The van der Waals surface area contributed by atoms with Crippen LogP contribution in [0, 0.1) is 5.92 Å². The number of nitrogens with two attached hydrogens (primary N) is 1. The highest BCUT2D eigenvalue weighted by molar-refractivity contribution is 5.74. The minimum atomic E-state index is 0.780. The van der Waals surface area contributed by atoms with Gasteiger partial charge >= 0.3 is 0 Å². The molecule has 2 nitrogen and oxygen atoms in total. The predicted molar refractivity (Wildman–Crippen MR) is 59.6 cm³/mol. The Kier molecular flexibility index (Phi) is 2.53. The van der Waals surface area contributed by atoms with Crippen LogP contribution in [0.5, 0.6) is 0 Å². The van der Waals surface area contributed by atoms with Crippen molar-refractivity contribution in [3.05, 3.63) is 30.1 Å². The molecule has 14 heavy (non-hydrogen) atoms. The lowest BCUT2D eigenvalue weighted by Gasteiger charge is -2.19. The Morgan fingerprint density at radius 1 is 1.50 bits per heavy atom. The second kappa shape index (κ2) is 3.82. The van der Waals surface area contributed by atoms with E-state index in [-0.39, 0.29) is 0 Å². The third kappa shape index (κ3) is 1.79. The van der Waals surface area contributed by atoms with Crippen molar-refractivity contribution in [1.82, 2.24) is 4.98 Å². The molecule has 2 rings (SSSR count). The topological polar surface area (TPSA) is 38.9 Å². The molecule has 0 amide bonds. The number of aromatic nitrogens is 1. The van der Waals surface area contributed by atoms with E-state index in [9.17, 15) is 0 Å². The van der Waals surface area contributed by atoms with Crippen LogP contribution >= 0.6 is 0 Å². The van der Waals surface area contributed by atoms with E-state index in [4.69, 9.17) is 5.73 Å². The number of hydrogen-bond donors (Lipinski definition) is 1. The SMILES string of the molecule is C[C@@H]1CCC=C(c2ccncc2N)C1. The summed E-state index contributed by atoms with van der Waals surface area (Å²) in [5.74, 6) is 0.780. The molecule has 0 saturated heterocycles. The molecule has 0 aromatic carbocycles. The van der Waals surface area contributed by atoms with Crippen LogP contribution in [0.25, 0.3) is 5.57 Å². The van der Waals surface area contributed by atoms with Crippen LogP contribution in [0.3, 0.4) is 0 Å². The maximum absolute atomic E-state index is 5.89. The van der Waals surface area contributed by atoms with Gasteiger partial charge in [0.05, 0.1) is 11.9 Å². The van der Waals surface area contributed by atoms with Crippen molar-refractivity contribution in [2.75, 3.05) is 5.73 Å². The van der Waals surface area contributed by atoms with Gasteiger partial charge in [-0.1, -0.05) is 13.0 Å². The number of anilines is 1. The second-order valence-electron chi connectivity index (χ2n) is 4.08. The zero-order chi connectivity index (χ0) is 9.97. The van der Waals surface area contributed by atoms with Crippen LogP contribution in [0.1, 0.15) is 31.7 Å². The molecule has 1 aliphatic carbocycles. The zero-order valence-electron chi connectivity index (χ0n) is 8.53. The lowest BCUT2D eigenvalue weighted by atomic mass is 9.87. The van der Waals surface area contributed by atoms with Crippen LogP contribution in [-0.2, 0) is 0 Å². The van der Waals surface area contributed by atoms with Gasteiger partial charge in [-0.25, -0.2) is 0 Å². The van der Waals surface area contributed by atoms with Gasteiger partial charge in [-0.05, 0) is 36.8 Å². The van der Waals surface area contributed by atoms with E-state index in [0.29, 0.717) is 0 Å². The summed E-state index contributed by atoms with van der Waals surface area (Å²) in [6.07, 6.45) is 9.48. The van der Waals surface area contributed by atoms with E-state index < -0.39 is 0 Å². The first-order chi connectivity index (χ1) is 6.77. The quantitative estimate of drug-likeness (QED) is 0.736. The van der Waals surface area contributed by atoms with Gasteiger partial charge in [0, 0.05) is 11.8 Å². The van der Waals surface area contributed by atoms with E-state index in [1.165, 1.54) is 24.0 Å². The van der Waals surface area contributed by atoms with Gasteiger partial charge in [0.25, 0.3) is 0 Å².